The van der Waals surface area contributed by atoms with Gasteiger partial charge in [-0.1, -0.05) is 12.0 Å². The minimum atomic E-state index is -0.623. The molecule has 0 aliphatic heterocycles. The Bertz CT molecular complexity index is 426. The molecule has 1 rings (SSSR count). The molecule has 0 aromatic heterocycles. The normalized spacial score (nSPS) is 9.20. The maximum atomic E-state index is 13.0. The summed E-state index contributed by atoms with van der Waals surface area (Å²) in [4.78, 5) is 13.5. The van der Waals surface area contributed by atoms with Crippen molar-refractivity contribution in [2.45, 2.75) is 13.3 Å². The fourth-order valence-electron chi connectivity index (χ4n) is 0.965. The molecule has 1 aromatic rings. The van der Waals surface area contributed by atoms with Crippen molar-refractivity contribution in [2.75, 3.05) is 5.32 Å². The summed E-state index contributed by atoms with van der Waals surface area (Å²) in [5.41, 5.74) is 8.44. The van der Waals surface area contributed by atoms with Crippen molar-refractivity contribution < 1.29 is 9.18 Å². The van der Waals surface area contributed by atoms with E-state index in [2.05, 4.69) is 15.3 Å². The van der Waals surface area contributed by atoms with Gasteiger partial charge >= 0.3 is 0 Å². The van der Waals surface area contributed by atoms with Crippen molar-refractivity contribution in [2.24, 2.45) is 5.11 Å². The van der Waals surface area contributed by atoms with Gasteiger partial charge in [-0.15, -0.1) is 0 Å². The lowest BCUT2D eigenvalue weighted by Gasteiger charge is -2.04. The second kappa shape index (κ2) is 4.97. The molecule has 1 amide bonds. The highest BCUT2D eigenvalue weighted by Crippen LogP contribution is 2.22. The average molecular weight is 208 g/mol. The second-order valence-electron chi connectivity index (χ2n) is 2.76. The molecule has 15 heavy (non-hydrogen) atoms. The van der Waals surface area contributed by atoms with Gasteiger partial charge in [0.2, 0.25) is 5.91 Å². The number of amides is 1. The Hall–Kier alpha value is -2.07. The lowest BCUT2D eigenvalue weighted by atomic mass is 10.2. The summed E-state index contributed by atoms with van der Waals surface area (Å²) in [5.74, 6) is -0.809. The topological polar surface area (TPSA) is 77.9 Å². The maximum Gasteiger partial charge on any atom is 0.224 e. The van der Waals surface area contributed by atoms with Gasteiger partial charge in [0, 0.05) is 17.0 Å². The predicted octanol–water partition coefficient (Wildman–Crippen LogP) is 3.12. The van der Waals surface area contributed by atoms with Gasteiger partial charge in [-0.2, -0.15) is 0 Å². The van der Waals surface area contributed by atoms with E-state index in [1.807, 2.05) is 0 Å². The Balaban J connectivity index is 2.97. The number of hydrogen-bond donors (Lipinski definition) is 1. The quantitative estimate of drug-likeness (QED) is 0.462. The van der Waals surface area contributed by atoms with Crippen LogP contribution in [0.25, 0.3) is 10.4 Å². The lowest BCUT2D eigenvalue weighted by molar-refractivity contribution is -0.115. The van der Waals surface area contributed by atoms with Crippen LogP contribution in [-0.2, 0) is 4.79 Å². The van der Waals surface area contributed by atoms with Crippen molar-refractivity contribution in [1.82, 2.24) is 0 Å². The molecule has 1 N–H and O–H groups in total. The molecule has 0 spiro atoms. The largest absolute Gasteiger partial charge is 0.326 e. The van der Waals surface area contributed by atoms with Crippen LogP contribution in [0.1, 0.15) is 13.3 Å². The molecule has 0 radical (unpaired) electrons. The molecule has 0 heterocycles. The van der Waals surface area contributed by atoms with Crippen molar-refractivity contribution in [1.29, 1.82) is 0 Å². The maximum absolute atomic E-state index is 13.0. The van der Waals surface area contributed by atoms with E-state index in [0.29, 0.717) is 12.1 Å². The molecule has 0 aliphatic rings. The molecule has 0 saturated carbocycles. The average Bonchev–Trinajstić information content (AvgIpc) is 2.23. The molecular weight excluding hydrogens is 199 g/mol. The number of azide groups is 1. The molecule has 78 valence electrons. The third kappa shape index (κ3) is 2.96. The van der Waals surface area contributed by atoms with Crippen molar-refractivity contribution >= 4 is 17.3 Å². The van der Waals surface area contributed by atoms with Crippen molar-refractivity contribution in [3.05, 3.63) is 34.5 Å². The van der Waals surface area contributed by atoms with E-state index in [9.17, 15) is 9.18 Å². The summed E-state index contributed by atoms with van der Waals surface area (Å²) >= 11 is 0. The highest BCUT2D eigenvalue weighted by Gasteiger charge is 2.03. The SMILES string of the molecule is CCC(=O)Nc1ccc(F)c(N=[N+]=[N-])c1. The molecule has 0 unspecified atom stereocenters. The number of carbonyl (C=O) groups is 1. The fraction of sp³-hybridized carbons (Fsp3) is 0.222. The zero-order valence-corrected chi connectivity index (χ0v) is 8.07. The molecular formula is C9H9FN4O. The van der Waals surface area contributed by atoms with Gasteiger partial charge in [-0.25, -0.2) is 4.39 Å². The van der Waals surface area contributed by atoms with Crippen molar-refractivity contribution in [3.8, 4) is 0 Å². The minimum absolute atomic E-state index is 0.133. The number of nitrogens with zero attached hydrogens (tertiary/aromatic N) is 3. The van der Waals surface area contributed by atoms with Gasteiger partial charge in [-0.3, -0.25) is 4.79 Å². The van der Waals surface area contributed by atoms with Crippen LogP contribution >= 0.6 is 0 Å². The molecule has 0 fully saturated rings. The van der Waals surface area contributed by atoms with Gasteiger partial charge in [-0.05, 0) is 23.7 Å². The molecule has 0 aliphatic carbocycles. The monoisotopic (exact) mass is 208 g/mol. The van der Waals surface area contributed by atoms with E-state index in [4.69, 9.17) is 5.53 Å². The van der Waals surface area contributed by atoms with Gasteiger partial charge in [0.15, 0.2) is 0 Å². The first-order chi connectivity index (χ1) is 7.17. The molecule has 5 nitrogen and oxygen atoms in total. The van der Waals surface area contributed by atoms with Crippen LogP contribution in [0.2, 0.25) is 0 Å². The fourth-order valence-corrected chi connectivity index (χ4v) is 0.965. The van der Waals surface area contributed by atoms with Crippen LogP contribution in [0.5, 0.6) is 0 Å². The number of nitrogens with one attached hydrogen (secondary N) is 1. The Morgan fingerprint density at radius 2 is 2.40 bits per heavy atom. The van der Waals surface area contributed by atoms with Crippen molar-refractivity contribution in [3.63, 3.8) is 0 Å². The van der Waals surface area contributed by atoms with E-state index in [-0.39, 0.29) is 11.6 Å². The first-order valence-electron chi connectivity index (χ1n) is 4.32. The smallest absolute Gasteiger partial charge is 0.224 e. The lowest BCUT2D eigenvalue weighted by Crippen LogP contribution is -2.09. The summed E-state index contributed by atoms with van der Waals surface area (Å²) in [7, 11) is 0. The third-order valence-electron chi connectivity index (χ3n) is 1.70. The van der Waals surface area contributed by atoms with E-state index < -0.39 is 5.82 Å². The third-order valence-corrected chi connectivity index (χ3v) is 1.70. The minimum Gasteiger partial charge on any atom is -0.326 e. The molecule has 6 heteroatoms. The number of rotatable bonds is 3. The van der Waals surface area contributed by atoms with Crippen LogP contribution in [0.3, 0.4) is 0 Å². The Kier molecular flexibility index (Phi) is 3.65. The summed E-state index contributed by atoms with van der Waals surface area (Å²) < 4.78 is 13.0. The van der Waals surface area contributed by atoms with E-state index in [1.165, 1.54) is 12.1 Å². The summed E-state index contributed by atoms with van der Waals surface area (Å²) in [6.45, 7) is 1.70. The number of hydrogen-bond acceptors (Lipinski definition) is 2. The van der Waals surface area contributed by atoms with Crippen LogP contribution in [0.15, 0.2) is 23.3 Å². The summed E-state index contributed by atoms with van der Waals surface area (Å²) in [5, 5.41) is 5.68. The van der Waals surface area contributed by atoms with Crippen LogP contribution in [0.4, 0.5) is 15.8 Å². The van der Waals surface area contributed by atoms with Gasteiger partial charge < -0.3 is 5.32 Å². The Morgan fingerprint density at radius 3 is 3.00 bits per heavy atom. The van der Waals surface area contributed by atoms with E-state index in [0.717, 1.165) is 6.07 Å². The highest BCUT2D eigenvalue weighted by molar-refractivity contribution is 5.90. The highest BCUT2D eigenvalue weighted by atomic mass is 19.1. The summed E-state index contributed by atoms with van der Waals surface area (Å²) in [6.07, 6.45) is 0.328. The van der Waals surface area contributed by atoms with Gasteiger partial charge in [0.25, 0.3) is 0 Å². The molecule has 0 atom stereocenters. The van der Waals surface area contributed by atoms with Crippen LogP contribution < -0.4 is 5.32 Å². The zero-order chi connectivity index (χ0) is 11.3. The van der Waals surface area contributed by atoms with Gasteiger partial charge in [0.1, 0.15) is 5.82 Å². The number of anilines is 1. The standard InChI is InChI=1S/C9H9FN4O/c1-2-9(15)12-6-3-4-7(10)8(5-6)13-14-11/h3-5H,2H2,1H3,(H,12,15). The molecule has 0 saturated heterocycles. The first-order valence-corrected chi connectivity index (χ1v) is 4.32. The second-order valence-corrected chi connectivity index (χ2v) is 2.76. The van der Waals surface area contributed by atoms with Crippen LogP contribution in [0, 0.1) is 5.82 Å². The first kappa shape index (κ1) is 11.0. The number of halogens is 1. The predicted molar refractivity (Wildman–Crippen MR) is 54.1 cm³/mol. The zero-order valence-electron chi connectivity index (χ0n) is 8.07. The Labute approximate surface area is 85.5 Å². The van der Waals surface area contributed by atoms with E-state index >= 15 is 0 Å². The Morgan fingerprint density at radius 1 is 1.67 bits per heavy atom. The number of carbonyl (C=O) groups excluding carboxylic acids is 1. The molecule has 1 aromatic carbocycles. The molecule has 0 bridgehead atoms. The van der Waals surface area contributed by atoms with E-state index in [1.54, 1.807) is 6.92 Å². The van der Waals surface area contributed by atoms with Crippen LogP contribution in [-0.4, -0.2) is 5.91 Å². The summed E-state index contributed by atoms with van der Waals surface area (Å²) in [6, 6.07) is 3.82. The van der Waals surface area contributed by atoms with Gasteiger partial charge in [0.05, 0.1) is 5.69 Å². The number of benzene rings is 1.